The maximum absolute atomic E-state index is 12.1. The molecule has 0 aliphatic carbocycles. The van der Waals surface area contributed by atoms with E-state index in [1.165, 1.54) is 0 Å². The van der Waals surface area contributed by atoms with Gasteiger partial charge in [-0.25, -0.2) is 0 Å². The molecule has 20 heavy (non-hydrogen) atoms. The number of carbonyl (C=O) groups is 1. The van der Waals surface area contributed by atoms with Crippen LogP contribution in [0.4, 0.5) is 5.69 Å². The number of amides is 1. The molecule has 0 aliphatic rings. The molecule has 0 radical (unpaired) electrons. The molecule has 0 saturated heterocycles. The Morgan fingerprint density at radius 1 is 1.45 bits per heavy atom. The zero-order chi connectivity index (χ0) is 15.0. The number of rotatable bonds is 8. The van der Waals surface area contributed by atoms with E-state index in [1.807, 2.05) is 6.92 Å². The molecule has 1 amide bonds. The van der Waals surface area contributed by atoms with Crippen molar-refractivity contribution in [1.82, 2.24) is 5.32 Å². The van der Waals surface area contributed by atoms with Gasteiger partial charge < -0.3 is 20.5 Å². The van der Waals surface area contributed by atoms with Crippen molar-refractivity contribution in [3.63, 3.8) is 0 Å². The number of nitrogens with two attached hydrogens (primary N) is 1. The van der Waals surface area contributed by atoms with E-state index in [-0.39, 0.29) is 11.7 Å². The van der Waals surface area contributed by atoms with Crippen molar-refractivity contribution in [3.8, 4) is 5.75 Å². The number of hydrogen-bond donors (Lipinski definition) is 2. The first-order valence-corrected chi connectivity index (χ1v) is 7.56. The van der Waals surface area contributed by atoms with Gasteiger partial charge in [0.25, 0.3) is 0 Å². The van der Waals surface area contributed by atoms with Gasteiger partial charge in [-0.3, -0.25) is 9.00 Å². The van der Waals surface area contributed by atoms with Gasteiger partial charge >= 0.3 is 0 Å². The predicted molar refractivity (Wildman–Crippen MR) is 78.2 cm³/mol. The Labute approximate surface area is 121 Å². The SMILES string of the molecule is CCOc1ccc(N)c(S(=O)CC(=O)NCCOC)c1. The smallest absolute Gasteiger partial charge is 0.233 e. The van der Waals surface area contributed by atoms with Gasteiger partial charge in [-0.05, 0) is 25.1 Å². The van der Waals surface area contributed by atoms with E-state index in [9.17, 15) is 9.00 Å². The molecule has 1 rings (SSSR count). The second-order valence-corrected chi connectivity index (χ2v) is 5.38. The standard InChI is InChI=1S/C13H20N2O4S/c1-3-19-10-4-5-11(14)12(8-10)20(17)9-13(16)15-6-7-18-2/h4-5,8H,3,6-7,9,14H2,1-2H3,(H,15,16). The summed E-state index contributed by atoms with van der Waals surface area (Å²) in [5.74, 6) is 0.148. The van der Waals surface area contributed by atoms with Gasteiger partial charge in [0.1, 0.15) is 11.5 Å². The molecule has 0 saturated carbocycles. The van der Waals surface area contributed by atoms with Gasteiger partial charge in [-0.1, -0.05) is 0 Å². The Balaban J connectivity index is 2.66. The number of methoxy groups -OCH3 is 1. The zero-order valence-corrected chi connectivity index (χ0v) is 12.5. The maximum Gasteiger partial charge on any atom is 0.233 e. The molecule has 112 valence electrons. The normalized spacial score (nSPS) is 11.9. The predicted octanol–water partition coefficient (Wildman–Crippen LogP) is 0.538. The van der Waals surface area contributed by atoms with Crippen LogP contribution in [0.2, 0.25) is 0 Å². The fourth-order valence-corrected chi connectivity index (χ4v) is 2.58. The lowest BCUT2D eigenvalue weighted by Crippen LogP contribution is -2.31. The number of carbonyl (C=O) groups excluding carboxylic acids is 1. The number of hydrogen-bond acceptors (Lipinski definition) is 5. The summed E-state index contributed by atoms with van der Waals surface area (Å²) in [5, 5.41) is 2.61. The molecule has 7 heteroatoms. The molecular weight excluding hydrogens is 280 g/mol. The van der Waals surface area contributed by atoms with Gasteiger partial charge in [-0.15, -0.1) is 0 Å². The summed E-state index contributed by atoms with van der Waals surface area (Å²) in [6, 6.07) is 4.94. The highest BCUT2D eigenvalue weighted by Crippen LogP contribution is 2.23. The van der Waals surface area contributed by atoms with E-state index < -0.39 is 10.8 Å². The largest absolute Gasteiger partial charge is 0.494 e. The van der Waals surface area contributed by atoms with Crippen molar-refractivity contribution >= 4 is 22.4 Å². The highest BCUT2D eigenvalue weighted by molar-refractivity contribution is 7.86. The van der Waals surface area contributed by atoms with Gasteiger partial charge in [0.15, 0.2) is 0 Å². The maximum atomic E-state index is 12.1. The number of benzene rings is 1. The van der Waals surface area contributed by atoms with Crippen LogP contribution < -0.4 is 15.8 Å². The Hall–Kier alpha value is -1.60. The molecule has 0 aliphatic heterocycles. The van der Waals surface area contributed by atoms with Crippen LogP contribution in [0, 0.1) is 0 Å². The number of ether oxygens (including phenoxy) is 2. The van der Waals surface area contributed by atoms with Crippen molar-refractivity contribution in [3.05, 3.63) is 18.2 Å². The molecular formula is C13H20N2O4S. The van der Waals surface area contributed by atoms with E-state index in [0.29, 0.717) is 36.1 Å². The van der Waals surface area contributed by atoms with Crippen LogP contribution in [0.5, 0.6) is 5.75 Å². The zero-order valence-electron chi connectivity index (χ0n) is 11.7. The van der Waals surface area contributed by atoms with E-state index in [4.69, 9.17) is 15.2 Å². The molecule has 6 nitrogen and oxygen atoms in total. The van der Waals surface area contributed by atoms with Crippen LogP contribution in [0.25, 0.3) is 0 Å². The van der Waals surface area contributed by atoms with Crippen molar-refractivity contribution in [2.24, 2.45) is 0 Å². The van der Waals surface area contributed by atoms with Crippen LogP contribution in [0.15, 0.2) is 23.1 Å². The lowest BCUT2D eigenvalue weighted by atomic mass is 10.3. The van der Waals surface area contributed by atoms with Crippen LogP contribution in [-0.4, -0.2) is 42.7 Å². The Bertz CT molecular complexity index is 479. The minimum Gasteiger partial charge on any atom is -0.494 e. The van der Waals surface area contributed by atoms with E-state index in [1.54, 1.807) is 25.3 Å². The van der Waals surface area contributed by atoms with E-state index >= 15 is 0 Å². The topological polar surface area (TPSA) is 90.7 Å². The highest BCUT2D eigenvalue weighted by Gasteiger charge is 2.13. The molecule has 0 spiro atoms. The van der Waals surface area contributed by atoms with Crippen molar-refractivity contribution in [2.45, 2.75) is 11.8 Å². The molecule has 0 bridgehead atoms. The van der Waals surface area contributed by atoms with Crippen LogP contribution in [0.3, 0.4) is 0 Å². The first-order valence-electron chi connectivity index (χ1n) is 6.24. The molecule has 0 heterocycles. The molecule has 0 aromatic heterocycles. The molecule has 1 aromatic carbocycles. The average molecular weight is 300 g/mol. The average Bonchev–Trinajstić information content (AvgIpc) is 2.41. The Morgan fingerprint density at radius 2 is 2.20 bits per heavy atom. The van der Waals surface area contributed by atoms with Gasteiger partial charge in [0.2, 0.25) is 5.91 Å². The third-order valence-electron chi connectivity index (χ3n) is 2.43. The van der Waals surface area contributed by atoms with Crippen LogP contribution in [-0.2, 0) is 20.3 Å². The summed E-state index contributed by atoms with van der Waals surface area (Å²) >= 11 is 0. The number of anilines is 1. The summed E-state index contributed by atoms with van der Waals surface area (Å²) < 4.78 is 22.3. The Morgan fingerprint density at radius 3 is 2.85 bits per heavy atom. The summed E-state index contributed by atoms with van der Waals surface area (Å²) in [6.45, 7) is 3.17. The summed E-state index contributed by atoms with van der Waals surface area (Å²) in [7, 11) is 0.0437. The minimum absolute atomic E-state index is 0.135. The Kier molecular flexibility index (Phi) is 7.03. The van der Waals surface area contributed by atoms with Gasteiger partial charge in [-0.2, -0.15) is 0 Å². The number of nitrogen functional groups attached to an aromatic ring is 1. The van der Waals surface area contributed by atoms with Crippen molar-refractivity contribution in [2.75, 3.05) is 38.4 Å². The molecule has 1 atom stereocenters. The lowest BCUT2D eigenvalue weighted by molar-refractivity contribution is -0.118. The second kappa shape index (κ2) is 8.55. The molecule has 1 aromatic rings. The van der Waals surface area contributed by atoms with E-state index in [0.717, 1.165) is 0 Å². The molecule has 0 fully saturated rings. The van der Waals surface area contributed by atoms with Crippen LogP contribution >= 0.6 is 0 Å². The fourth-order valence-electron chi connectivity index (χ4n) is 1.51. The summed E-state index contributed by atoms with van der Waals surface area (Å²) in [5.41, 5.74) is 6.17. The lowest BCUT2D eigenvalue weighted by Gasteiger charge is -2.09. The fraction of sp³-hybridized carbons (Fsp3) is 0.462. The van der Waals surface area contributed by atoms with Gasteiger partial charge in [0, 0.05) is 19.3 Å². The third-order valence-corrected chi connectivity index (χ3v) is 3.80. The molecule has 3 N–H and O–H groups in total. The first-order chi connectivity index (χ1) is 9.58. The van der Waals surface area contributed by atoms with E-state index in [2.05, 4.69) is 5.32 Å². The quantitative estimate of drug-likeness (QED) is 0.540. The summed E-state index contributed by atoms with van der Waals surface area (Å²) in [6.07, 6.45) is 0. The number of nitrogens with one attached hydrogen (secondary N) is 1. The van der Waals surface area contributed by atoms with Crippen molar-refractivity contribution < 1.29 is 18.5 Å². The summed E-state index contributed by atoms with van der Waals surface area (Å²) in [4.78, 5) is 12.0. The first kappa shape index (κ1) is 16.5. The van der Waals surface area contributed by atoms with Crippen LogP contribution in [0.1, 0.15) is 6.92 Å². The monoisotopic (exact) mass is 300 g/mol. The minimum atomic E-state index is -1.50. The molecule has 1 unspecified atom stereocenters. The second-order valence-electron chi connectivity index (χ2n) is 3.97. The van der Waals surface area contributed by atoms with Gasteiger partial charge in [0.05, 0.1) is 28.9 Å². The third kappa shape index (κ3) is 5.18. The van der Waals surface area contributed by atoms with Crippen molar-refractivity contribution in [1.29, 1.82) is 0 Å². The highest BCUT2D eigenvalue weighted by atomic mass is 32.2.